The Kier molecular flexibility index (Phi) is 6.84. The maximum absolute atomic E-state index is 13.1. The summed E-state index contributed by atoms with van der Waals surface area (Å²) in [6.45, 7) is 8.62. The molecule has 0 N–H and O–H groups in total. The highest BCUT2D eigenvalue weighted by Gasteiger charge is 2.34. The average Bonchev–Trinajstić information content (AvgIpc) is 3.33. The van der Waals surface area contributed by atoms with Gasteiger partial charge in [0, 0.05) is 69.3 Å². The van der Waals surface area contributed by atoms with Crippen molar-refractivity contribution in [1.82, 2.24) is 19.6 Å². The molecule has 0 radical (unpaired) electrons. The van der Waals surface area contributed by atoms with Crippen LogP contribution in [0.3, 0.4) is 0 Å². The highest BCUT2D eigenvalue weighted by atomic mass is 35.5. The molecule has 7 heteroatoms. The molecule has 0 aliphatic carbocycles. The number of rotatable bonds is 3. The zero-order valence-corrected chi connectivity index (χ0v) is 18.7. The summed E-state index contributed by atoms with van der Waals surface area (Å²) in [6.07, 6.45) is 3.80. The summed E-state index contributed by atoms with van der Waals surface area (Å²) in [5.74, 6) is 0.327. The molecule has 0 saturated carbocycles. The summed E-state index contributed by atoms with van der Waals surface area (Å²) in [6, 6.07) is 8.42. The number of halogens is 1. The first-order valence-corrected chi connectivity index (χ1v) is 11.7. The Balaban J connectivity index is 1.25. The van der Waals surface area contributed by atoms with Crippen LogP contribution in [0.5, 0.6) is 0 Å². The summed E-state index contributed by atoms with van der Waals surface area (Å²) in [7, 11) is 0. The quantitative estimate of drug-likeness (QED) is 0.734. The fourth-order valence-corrected chi connectivity index (χ4v) is 5.32. The molecule has 0 bridgehead atoms. The van der Waals surface area contributed by atoms with E-state index in [1.54, 1.807) is 0 Å². The van der Waals surface area contributed by atoms with Gasteiger partial charge in [0.25, 0.3) is 0 Å². The van der Waals surface area contributed by atoms with Crippen molar-refractivity contribution in [3.05, 3.63) is 34.9 Å². The van der Waals surface area contributed by atoms with Crippen molar-refractivity contribution in [2.24, 2.45) is 5.92 Å². The van der Waals surface area contributed by atoms with Crippen LogP contribution in [0.4, 0.5) is 4.79 Å². The number of hydrogen-bond donors (Lipinski definition) is 0. The molecule has 3 aliphatic heterocycles. The van der Waals surface area contributed by atoms with E-state index in [4.69, 9.17) is 11.6 Å². The van der Waals surface area contributed by atoms with Crippen molar-refractivity contribution in [2.45, 2.75) is 38.6 Å². The van der Waals surface area contributed by atoms with Crippen molar-refractivity contribution in [1.29, 1.82) is 0 Å². The zero-order chi connectivity index (χ0) is 21.1. The molecular weight excluding hydrogens is 400 g/mol. The smallest absolute Gasteiger partial charge is 0.319 e. The molecule has 1 aromatic rings. The van der Waals surface area contributed by atoms with Gasteiger partial charge in [-0.05, 0) is 44.2 Å². The van der Waals surface area contributed by atoms with Gasteiger partial charge in [0.15, 0.2) is 0 Å². The minimum atomic E-state index is 0.0557. The van der Waals surface area contributed by atoms with E-state index in [0.717, 1.165) is 75.5 Å². The number of benzene rings is 1. The number of hydrogen-bond acceptors (Lipinski definition) is 3. The van der Waals surface area contributed by atoms with Gasteiger partial charge < -0.3 is 14.7 Å². The maximum Gasteiger partial charge on any atom is 0.319 e. The van der Waals surface area contributed by atoms with E-state index >= 15 is 0 Å². The van der Waals surface area contributed by atoms with E-state index in [9.17, 15) is 9.59 Å². The summed E-state index contributed by atoms with van der Waals surface area (Å²) < 4.78 is 0. The third-order valence-electron chi connectivity index (χ3n) is 7.02. The molecular formula is C23H33ClN4O2. The molecule has 3 fully saturated rings. The highest BCUT2D eigenvalue weighted by molar-refractivity contribution is 6.31. The summed E-state index contributed by atoms with van der Waals surface area (Å²) in [4.78, 5) is 34.0. The zero-order valence-electron chi connectivity index (χ0n) is 17.9. The molecule has 30 heavy (non-hydrogen) atoms. The summed E-state index contributed by atoms with van der Waals surface area (Å²) in [5, 5.41) is 0.804. The number of amides is 3. The molecule has 0 spiro atoms. The lowest BCUT2D eigenvalue weighted by Gasteiger charge is -2.41. The van der Waals surface area contributed by atoms with Gasteiger partial charge in [-0.1, -0.05) is 29.8 Å². The second-order valence-corrected chi connectivity index (χ2v) is 9.20. The molecule has 3 heterocycles. The van der Waals surface area contributed by atoms with Gasteiger partial charge in [0.1, 0.15) is 0 Å². The van der Waals surface area contributed by atoms with Crippen molar-refractivity contribution in [2.75, 3.05) is 52.4 Å². The Morgan fingerprint density at radius 3 is 2.10 bits per heavy atom. The van der Waals surface area contributed by atoms with E-state index in [1.807, 2.05) is 32.9 Å². The van der Waals surface area contributed by atoms with Crippen LogP contribution < -0.4 is 0 Å². The molecule has 6 nitrogen and oxygen atoms in total. The standard InChI is InChI=1S/C23H33ClN4O2/c1-18(20-6-2-3-7-21(20)24)25-14-16-26(17-15-25)22(29)19-8-12-28(13-9-19)23(30)27-10-4-5-11-27/h2-3,6-7,18-19H,4-5,8-17H2,1H3. The first-order valence-electron chi connectivity index (χ1n) is 11.4. The van der Waals surface area contributed by atoms with Crippen molar-refractivity contribution in [3.63, 3.8) is 0 Å². The molecule has 3 saturated heterocycles. The third kappa shape index (κ3) is 4.59. The number of carbonyl (C=O) groups excluding carboxylic acids is 2. The van der Waals surface area contributed by atoms with Crippen LogP contribution in [0.2, 0.25) is 5.02 Å². The number of urea groups is 1. The largest absolute Gasteiger partial charge is 0.340 e. The fourth-order valence-electron chi connectivity index (χ4n) is 5.02. The Bertz CT molecular complexity index is 751. The van der Waals surface area contributed by atoms with E-state index in [0.29, 0.717) is 13.1 Å². The number of nitrogens with zero attached hydrogens (tertiary/aromatic N) is 4. The SMILES string of the molecule is CC(c1ccccc1Cl)N1CCN(C(=O)C2CCN(C(=O)N3CCCC3)CC2)CC1. The average molecular weight is 433 g/mol. The van der Waals surface area contributed by atoms with Gasteiger partial charge >= 0.3 is 6.03 Å². The van der Waals surface area contributed by atoms with Gasteiger partial charge in [0.05, 0.1) is 0 Å². The molecule has 1 atom stereocenters. The lowest BCUT2D eigenvalue weighted by molar-refractivity contribution is -0.139. The molecule has 3 aliphatic rings. The van der Waals surface area contributed by atoms with Crippen molar-refractivity contribution < 1.29 is 9.59 Å². The molecule has 3 amide bonds. The topological polar surface area (TPSA) is 47.1 Å². The Morgan fingerprint density at radius 1 is 0.867 bits per heavy atom. The first kappa shape index (κ1) is 21.4. The van der Waals surface area contributed by atoms with E-state index < -0.39 is 0 Å². The van der Waals surface area contributed by atoms with Gasteiger partial charge in [-0.25, -0.2) is 4.79 Å². The summed E-state index contributed by atoms with van der Waals surface area (Å²) >= 11 is 6.37. The van der Waals surface area contributed by atoms with E-state index in [2.05, 4.69) is 17.9 Å². The molecule has 1 unspecified atom stereocenters. The summed E-state index contributed by atoms with van der Waals surface area (Å²) in [5.41, 5.74) is 1.15. The number of piperidine rings is 1. The monoisotopic (exact) mass is 432 g/mol. The second-order valence-electron chi connectivity index (χ2n) is 8.80. The predicted molar refractivity (Wildman–Crippen MR) is 119 cm³/mol. The van der Waals surface area contributed by atoms with E-state index in [-0.39, 0.29) is 23.9 Å². The second kappa shape index (κ2) is 9.56. The number of piperazine rings is 1. The fraction of sp³-hybridized carbons (Fsp3) is 0.652. The van der Waals surface area contributed by atoms with Crippen LogP contribution in [0.15, 0.2) is 24.3 Å². The van der Waals surface area contributed by atoms with E-state index in [1.165, 1.54) is 0 Å². The Morgan fingerprint density at radius 2 is 1.47 bits per heavy atom. The van der Waals surface area contributed by atoms with Crippen LogP contribution in [-0.2, 0) is 4.79 Å². The molecule has 4 rings (SSSR count). The van der Waals surface area contributed by atoms with Crippen LogP contribution in [0, 0.1) is 5.92 Å². The lowest BCUT2D eigenvalue weighted by atomic mass is 9.95. The molecule has 164 valence electrons. The molecule has 0 aromatic heterocycles. The van der Waals surface area contributed by atoms with Crippen LogP contribution in [-0.4, -0.2) is 83.9 Å². The highest BCUT2D eigenvalue weighted by Crippen LogP contribution is 2.28. The van der Waals surface area contributed by atoms with Gasteiger partial charge in [0.2, 0.25) is 5.91 Å². The van der Waals surface area contributed by atoms with Gasteiger partial charge in [-0.3, -0.25) is 9.69 Å². The van der Waals surface area contributed by atoms with Crippen LogP contribution in [0.1, 0.15) is 44.2 Å². The number of carbonyl (C=O) groups is 2. The van der Waals surface area contributed by atoms with Crippen molar-refractivity contribution >= 4 is 23.5 Å². The first-order chi connectivity index (χ1) is 14.5. The Hall–Kier alpha value is -1.79. The lowest BCUT2D eigenvalue weighted by Crippen LogP contribution is -2.53. The Labute approximate surface area is 184 Å². The van der Waals surface area contributed by atoms with Gasteiger partial charge in [-0.15, -0.1) is 0 Å². The minimum Gasteiger partial charge on any atom is -0.340 e. The van der Waals surface area contributed by atoms with Gasteiger partial charge in [-0.2, -0.15) is 0 Å². The third-order valence-corrected chi connectivity index (χ3v) is 7.36. The predicted octanol–water partition coefficient (Wildman–Crippen LogP) is 3.47. The van der Waals surface area contributed by atoms with Crippen LogP contribution >= 0.6 is 11.6 Å². The molecule has 1 aromatic carbocycles. The van der Waals surface area contributed by atoms with Crippen molar-refractivity contribution in [3.8, 4) is 0 Å². The van der Waals surface area contributed by atoms with Crippen LogP contribution in [0.25, 0.3) is 0 Å². The normalized spacial score (nSPS) is 22.4. The maximum atomic E-state index is 13.1. The minimum absolute atomic E-state index is 0.0557. The number of likely N-dealkylation sites (tertiary alicyclic amines) is 2.